The number of hydrogen-bond donors (Lipinski definition) is 0. The minimum atomic E-state index is -0.111. The lowest BCUT2D eigenvalue weighted by Crippen LogP contribution is -2.13. The van der Waals surface area contributed by atoms with Crippen LogP contribution in [0.15, 0.2) is 0 Å². The average Bonchev–Trinajstić information content (AvgIpc) is 2.88. The molecule has 0 N–H and O–H groups in total. The highest BCUT2D eigenvalue weighted by Gasteiger charge is 2.03. The summed E-state index contributed by atoms with van der Waals surface area (Å²) in [5.41, 5.74) is 0. The molecule has 6 heteroatoms. The van der Waals surface area contributed by atoms with Gasteiger partial charge in [-0.2, -0.15) is 0 Å². The number of rotatable bonds is 31. The second-order valence-corrected chi connectivity index (χ2v) is 10.6. The molecule has 0 aliphatic carbocycles. The third-order valence-corrected chi connectivity index (χ3v) is 6.39. The summed E-state index contributed by atoms with van der Waals surface area (Å²) in [6.45, 7) is 12.0. The Labute approximate surface area is 229 Å². The van der Waals surface area contributed by atoms with E-state index in [0.717, 1.165) is 25.9 Å². The quantitative estimate of drug-likeness (QED) is 0.0670. The summed E-state index contributed by atoms with van der Waals surface area (Å²) in [5.74, 6) is 0.564. The van der Waals surface area contributed by atoms with Gasteiger partial charge in [0, 0.05) is 19.6 Å². The molecule has 0 unspecified atom stereocenters. The van der Waals surface area contributed by atoms with Crippen LogP contribution in [0.2, 0.25) is 0 Å². The molecule has 0 rings (SSSR count). The van der Waals surface area contributed by atoms with Crippen molar-refractivity contribution in [1.82, 2.24) is 0 Å². The van der Waals surface area contributed by atoms with Gasteiger partial charge >= 0.3 is 5.97 Å². The van der Waals surface area contributed by atoms with Crippen LogP contribution in [0.3, 0.4) is 0 Å². The van der Waals surface area contributed by atoms with Crippen LogP contribution in [-0.4, -0.2) is 65.4 Å². The van der Waals surface area contributed by atoms with Crippen LogP contribution in [0, 0.1) is 5.92 Å². The third-order valence-electron chi connectivity index (χ3n) is 6.39. The van der Waals surface area contributed by atoms with Crippen molar-refractivity contribution >= 4 is 5.97 Å². The topological polar surface area (TPSA) is 63.2 Å². The molecule has 0 spiro atoms. The first-order valence-corrected chi connectivity index (χ1v) is 15.6. The van der Waals surface area contributed by atoms with Crippen LogP contribution in [0.5, 0.6) is 0 Å². The molecule has 6 nitrogen and oxygen atoms in total. The molecule has 0 aromatic carbocycles. The van der Waals surface area contributed by atoms with Crippen LogP contribution in [-0.2, 0) is 28.5 Å². The highest BCUT2D eigenvalue weighted by atomic mass is 16.6. The first-order chi connectivity index (χ1) is 18.2. The molecule has 0 saturated carbocycles. The summed E-state index contributed by atoms with van der Waals surface area (Å²) < 4.78 is 27.3. The van der Waals surface area contributed by atoms with E-state index >= 15 is 0 Å². The van der Waals surface area contributed by atoms with E-state index in [9.17, 15) is 4.79 Å². The lowest BCUT2D eigenvalue weighted by atomic mass is 10.0. The van der Waals surface area contributed by atoms with Crippen molar-refractivity contribution in [3.8, 4) is 0 Å². The molecule has 0 fully saturated rings. The van der Waals surface area contributed by atoms with Crippen molar-refractivity contribution in [1.29, 1.82) is 0 Å². The number of esters is 1. The van der Waals surface area contributed by atoms with Crippen LogP contribution in [0.4, 0.5) is 0 Å². The van der Waals surface area contributed by atoms with Gasteiger partial charge < -0.3 is 23.7 Å². The predicted molar refractivity (Wildman–Crippen MR) is 153 cm³/mol. The molecule has 0 aliphatic heterocycles. The Morgan fingerprint density at radius 2 is 0.892 bits per heavy atom. The molecular weight excluding hydrogens is 468 g/mol. The molecule has 0 bridgehead atoms. The maximum atomic E-state index is 11.8. The maximum Gasteiger partial charge on any atom is 0.305 e. The normalized spacial score (nSPS) is 11.5. The summed E-state index contributed by atoms with van der Waals surface area (Å²) in [4.78, 5) is 11.8. The van der Waals surface area contributed by atoms with Gasteiger partial charge in [-0.3, -0.25) is 4.79 Å². The predicted octanol–water partition coefficient (Wildman–Crippen LogP) is 7.90. The molecule has 0 aromatic rings. The average molecular weight is 531 g/mol. The molecule has 222 valence electrons. The minimum absolute atomic E-state index is 0.111. The van der Waals surface area contributed by atoms with E-state index < -0.39 is 0 Å². The van der Waals surface area contributed by atoms with E-state index in [2.05, 4.69) is 20.8 Å². The first-order valence-electron chi connectivity index (χ1n) is 15.6. The van der Waals surface area contributed by atoms with E-state index in [1.54, 1.807) is 0 Å². The van der Waals surface area contributed by atoms with Crippen molar-refractivity contribution in [2.45, 2.75) is 130 Å². The standard InChI is InChI=1S/C31H62O6/c1-4-5-6-7-8-9-10-11-12-13-14-15-16-17-22-37-31(32)19-18-21-33-24-26-35-28-29-36-27-25-34-23-20-30(2)3/h30H,4-29H2,1-3H3. The van der Waals surface area contributed by atoms with Crippen molar-refractivity contribution in [3.63, 3.8) is 0 Å². The number of ether oxygens (including phenoxy) is 5. The third kappa shape index (κ3) is 33.3. The number of unbranched alkanes of at least 4 members (excludes halogenated alkanes) is 13. The Morgan fingerprint density at radius 3 is 1.35 bits per heavy atom. The summed E-state index contributed by atoms with van der Waals surface area (Å²) >= 11 is 0. The Morgan fingerprint density at radius 1 is 0.486 bits per heavy atom. The monoisotopic (exact) mass is 530 g/mol. The van der Waals surface area contributed by atoms with Crippen LogP contribution >= 0.6 is 0 Å². The van der Waals surface area contributed by atoms with Gasteiger partial charge in [-0.1, -0.05) is 104 Å². The zero-order valence-corrected chi connectivity index (χ0v) is 24.9. The molecule has 0 aliphatic rings. The molecule has 0 aromatic heterocycles. The summed E-state index contributed by atoms with van der Waals surface area (Å²) in [5, 5.41) is 0. The second kappa shape index (κ2) is 31.5. The van der Waals surface area contributed by atoms with Gasteiger partial charge in [0.1, 0.15) is 0 Å². The maximum absolute atomic E-state index is 11.8. The van der Waals surface area contributed by atoms with Gasteiger partial charge in [-0.05, 0) is 25.2 Å². The number of carbonyl (C=O) groups is 1. The molecular formula is C31H62O6. The molecule has 0 atom stereocenters. The van der Waals surface area contributed by atoms with E-state index in [1.165, 1.54) is 77.0 Å². The Bertz CT molecular complexity index is 443. The van der Waals surface area contributed by atoms with Crippen LogP contribution in [0.25, 0.3) is 0 Å². The summed E-state index contributed by atoms with van der Waals surface area (Å²) in [6.07, 6.45) is 20.9. The molecule has 37 heavy (non-hydrogen) atoms. The van der Waals surface area contributed by atoms with Gasteiger partial charge in [-0.15, -0.1) is 0 Å². The Kier molecular flexibility index (Phi) is 30.9. The number of carbonyl (C=O) groups excluding carboxylic acids is 1. The lowest BCUT2D eigenvalue weighted by Gasteiger charge is -2.08. The summed E-state index contributed by atoms with van der Waals surface area (Å²) in [7, 11) is 0. The number of hydrogen-bond acceptors (Lipinski definition) is 6. The van der Waals surface area contributed by atoms with E-state index in [-0.39, 0.29) is 5.97 Å². The zero-order chi connectivity index (χ0) is 27.1. The van der Waals surface area contributed by atoms with Gasteiger partial charge in [0.15, 0.2) is 0 Å². The Balaban J connectivity index is 3.15. The van der Waals surface area contributed by atoms with Crippen LogP contribution < -0.4 is 0 Å². The fourth-order valence-corrected chi connectivity index (χ4v) is 3.95. The Hall–Kier alpha value is -0.690. The van der Waals surface area contributed by atoms with Crippen molar-refractivity contribution in [3.05, 3.63) is 0 Å². The molecule has 0 saturated heterocycles. The van der Waals surface area contributed by atoms with Crippen molar-refractivity contribution < 1.29 is 28.5 Å². The zero-order valence-electron chi connectivity index (χ0n) is 24.9. The second-order valence-electron chi connectivity index (χ2n) is 10.6. The molecule has 0 radical (unpaired) electrons. The van der Waals surface area contributed by atoms with Gasteiger partial charge in [0.25, 0.3) is 0 Å². The minimum Gasteiger partial charge on any atom is -0.466 e. The van der Waals surface area contributed by atoms with Gasteiger partial charge in [-0.25, -0.2) is 0 Å². The van der Waals surface area contributed by atoms with E-state index in [0.29, 0.717) is 71.6 Å². The highest BCUT2D eigenvalue weighted by molar-refractivity contribution is 5.69. The molecule has 0 amide bonds. The van der Waals surface area contributed by atoms with Gasteiger partial charge in [0.05, 0.1) is 46.2 Å². The van der Waals surface area contributed by atoms with E-state index in [1.807, 2.05) is 0 Å². The van der Waals surface area contributed by atoms with E-state index in [4.69, 9.17) is 23.7 Å². The van der Waals surface area contributed by atoms with Gasteiger partial charge in [0.2, 0.25) is 0 Å². The van der Waals surface area contributed by atoms with Crippen LogP contribution in [0.1, 0.15) is 130 Å². The highest BCUT2D eigenvalue weighted by Crippen LogP contribution is 2.13. The SMILES string of the molecule is CCCCCCCCCCCCCCCCOC(=O)CCCOCCOCCOCCOCCC(C)C. The largest absolute Gasteiger partial charge is 0.466 e. The fraction of sp³-hybridized carbons (Fsp3) is 0.968. The summed E-state index contributed by atoms with van der Waals surface area (Å²) in [6, 6.07) is 0. The van der Waals surface area contributed by atoms with Crippen molar-refractivity contribution in [2.24, 2.45) is 5.92 Å². The fourth-order valence-electron chi connectivity index (χ4n) is 3.95. The van der Waals surface area contributed by atoms with Crippen molar-refractivity contribution in [2.75, 3.05) is 59.5 Å². The first kappa shape index (κ1) is 36.3. The lowest BCUT2D eigenvalue weighted by molar-refractivity contribution is -0.144. The molecule has 0 heterocycles. The smallest absolute Gasteiger partial charge is 0.305 e.